The SMILES string of the molecule is CC(Cc1cccc(F)c1)Nc1ccccc1CN(C)C. The van der Waals surface area contributed by atoms with Crippen molar-refractivity contribution >= 4 is 5.69 Å². The van der Waals surface area contributed by atoms with Gasteiger partial charge in [0, 0.05) is 18.3 Å². The van der Waals surface area contributed by atoms with Crippen molar-refractivity contribution in [1.29, 1.82) is 0 Å². The third-order valence-corrected chi connectivity index (χ3v) is 3.34. The third kappa shape index (κ3) is 4.87. The van der Waals surface area contributed by atoms with Crippen LogP contribution < -0.4 is 5.32 Å². The highest BCUT2D eigenvalue weighted by Crippen LogP contribution is 2.18. The highest BCUT2D eigenvalue weighted by molar-refractivity contribution is 5.51. The van der Waals surface area contributed by atoms with Crippen molar-refractivity contribution in [3.8, 4) is 0 Å². The van der Waals surface area contributed by atoms with Crippen molar-refractivity contribution in [3.63, 3.8) is 0 Å². The zero-order valence-electron chi connectivity index (χ0n) is 12.9. The second-order valence-electron chi connectivity index (χ2n) is 5.77. The molecule has 0 heterocycles. The number of nitrogens with one attached hydrogen (secondary N) is 1. The van der Waals surface area contributed by atoms with Crippen molar-refractivity contribution in [1.82, 2.24) is 4.90 Å². The molecule has 2 rings (SSSR count). The van der Waals surface area contributed by atoms with Crippen molar-refractivity contribution in [2.45, 2.75) is 25.9 Å². The number of anilines is 1. The van der Waals surface area contributed by atoms with Gasteiger partial charge in [0.2, 0.25) is 0 Å². The van der Waals surface area contributed by atoms with Gasteiger partial charge in [0.1, 0.15) is 5.82 Å². The minimum absolute atomic E-state index is 0.173. The molecule has 3 heteroatoms. The molecule has 0 bridgehead atoms. The average Bonchev–Trinajstić information content (AvgIpc) is 2.40. The van der Waals surface area contributed by atoms with Crippen LogP contribution in [-0.2, 0) is 13.0 Å². The lowest BCUT2D eigenvalue weighted by Gasteiger charge is -2.20. The molecule has 0 aromatic heterocycles. The number of halogens is 1. The molecule has 1 unspecified atom stereocenters. The first kappa shape index (κ1) is 15.5. The normalized spacial score (nSPS) is 12.4. The number of hydrogen-bond donors (Lipinski definition) is 1. The Morgan fingerprint density at radius 2 is 1.86 bits per heavy atom. The Balaban J connectivity index is 2.04. The summed E-state index contributed by atoms with van der Waals surface area (Å²) in [6.07, 6.45) is 0.800. The van der Waals surface area contributed by atoms with Crippen molar-refractivity contribution in [3.05, 3.63) is 65.5 Å². The molecular weight excluding hydrogens is 263 g/mol. The van der Waals surface area contributed by atoms with Crippen LogP contribution in [0.3, 0.4) is 0 Å². The number of rotatable bonds is 6. The summed E-state index contributed by atoms with van der Waals surface area (Å²) in [6.45, 7) is 3.02. The molecule has 2 nitrogen and oxygen atoms in total. The highest BCUT2D eigenvalue weighted by Gasteiger charge is 2.08. The molecule has 0 spiro atoms. The van der Waals surface area contributed by atoms with Gasteiger partial charge in [-0.15, -0.1) is 0 Å². The van der Waals surface area contributed by atoms with Crippen LogP contribution in [-0.4, -0.2) is 25.0 Å². The first-order valence-corrected chi connectivity index (χ1v) is 7.28. The lowest BCUT2D eigenvalue weighted by molar-refractivity contribution is 0.403. The Morgan fingerprint density at radius 1 is 1.10 bits per heavy atom. The summed E-state index contributed by atoms with van der Waals surface area (Å²) in [5.41, 5.74) is 3.43. The van der Waals surface area contributed by atoms with E-state index in [0.29, 0.717) is 0 Å². The number of para-hydroxylation sites is 1. The lowest BCUT2D eigenvalue weighted by atomic mass is 10.1. The quantitative estimate of drug-likeness (QED) is 0.865. The van der Waals surface area contributed by atoms with E-state index < -0.39 is 0 Å². The summed E-state index contributed by atoms with van der Waals surface area (Å²) < 4.78 is 13.2. The molecule has 0 saturated carbocycles. The smallest absolute Gasteiger partial charge is 0.123 e. The van der Waals surface area contributed by atoms with Crippen molar-refractivity contribution in [2.75, 3.05) is 19.4 Å². The molecule has 0 radical (unpaired) electrons. The van der Waals surface area contributed by atoms with E-state index >= 15 is 0 Å². The second kappa shape index (κ2) is 7.23. The Morgan fingerprint density at radius 3 is 2.57 bits per heavy atom. The van der Waals surface area contributed by atoms with Crippen LogP contribution in [0.15, 0.2) is 48.5 Å². The number of benzene rings is 2. The molecule has 1 atom stereocenters. The lowest BCUT2D eigenvalue weighted by Crippen LogP contribution is -2.20. The molecule has 2 aromatic carbocycles. The van der Waals surface area contributed by atoms with Crippen molar-refractivity contribution in [2.24, 2.45) is 0 Å². The Kier molecular flexibility index (Phi) is 5.34. The maximum atomic E-state index is 13.2. The van der Waals surface area contributed by atoms with Gasteiger partial charge in [-0.05, 0) is 56.8 Å². The number of nitrogens with zero attached hydrogens (tertiary/aromatic N) is 1. The molecule has 0 saturated heterocycles. The molecule has 21 heavy (non-hydrogen) atoms. The monoisotopic (exact) mass is 286 g/mol. The van der Waals surface area contributed by atoms with Gasteiger partial charge in [-0.1, -0.05) is 30.3 Å². The van der Waals surface area contributed by atoms with Gasteiger partial charge in [0.15, 0.2) is 0 Å². The molecule has 0 fully saturated rings. The van der Waals surface area contributed by atoms with E-state index in [9.17, 15) is 4.39 Å². The first-order valence-electron chi connectivity index (χ1n) is 7.28. The fraction of sp³-hybridized carbons (Fsp3) is 0.333. The zero-order chi connectivity index (χ0) is 15.2. The molecule has 2 aromatic rings. The Hall–Kier alpha value is -1.87. The summed E-state index contributed by atoms with van der Waals surface area (Å²) in [7, 11) is 4.12. The molecule has 0 aliphatic carbocycles. The molecule has 0 amide bonds. The van der Waals surface area contributed by atoms with Crippen LogP contribution in [0.25, 0.3) is 0 Å². The predicted octanol–water partition coefficient (Wildman–Crippen LogP) is 3.93. The van der Waals surface area contributed by atoms with Crippen LogP contribution in [0.2, 0.25) is 0 Å². The van der Waals surface area contributed by atoms with Gasteiger partial charge in [-0.3, -0.25) is 0 Å². The molecular formula is C18H23FN2. The van der Waals surface area contributed by atoms with Gasteiger partial charge in [-0.2, -0.15) is 0 Å². The number of hydrogen-bond acceptors (Lipinski definition) is 2. The Labute approximate surface area is 126 Å². The standard InChI is InChI=1S/C18H23FN2/c1-14(11-15-7-6-9-17(19)12-15)20-18-10-5-4-8-16(18)13-21(2)3/h4-10,12,14,20H,11,13H2,1-3H3. The summed E-state index contributed by atoms with van der Waals surface area (Å²) in [4.78, 5) is 2.15. The Bertz CT molecular complexity index is 581. The van der Waals surface area contributed by atoms with Gasteiger partial charge in [0.25, 0.3) is 0 Å². The van der Waals surface area contributed by atoms with Gasteiger partial charge in [0.05, 0.1) is 0 Å². The first-order chi connectivity index (χ1) is 10.0. The fourth-order valence-electron chi connectivity index (χ4n) is 2.47. The molecule has 0 aliphatic rings. The summed E-state index contributed by atoms with van der Waals surface area (Å²) >= 11 is 0. The minimum Gasteiger partial charge on any atom is -0.382 e. The van der Waals surface area contributed by atoms with Gasteiger partial charge < -0.3 is 10.2 Å². The minimum atomic E-state index is -0.173. The van der Waals surface area contributed by atoms with E-state index in [1.807, 2.05) is 12.1 Å². The molecule has 112 valence electrons. The zero-order valence-corrected chi connectivity index (χ0v) is 12.9. The predicted molar refractivity (Wildman–Crippen MR) is 87.0 cm³/mol. The van der Waals surface area contributed by atoms with E-state index in [4.69, 9.17) is 0 Å². The van der Waals surface area contributed by atoms with Gasteiger partial charge in [-0.25, -0.2) is 4.39 Å². The van der Waals surface area contributed by atoms with Gasteiger partial charge >= 0.3 is 0 Å². The van der Waals surface area contributed by atoms with E-state index in [-0.39, 0.29) is 11.9 Å². The topological polar surface area (TPSA) is 15.3 Å². The van der Waals surface area contributed by atoms with Crippen LogP contribution in [0.4, 0.5) is 10.1 Å². The molecule has 1 N–H and O–H groups in total. The summed E-state index contributed by atoms with van der Waals surface area (Å²) in [6, 6.07) is 15.4. The maximum absolute atomic E-state index is 13.2. The second-order valence-corrected chi connectivity index (χ2v) is 5.77. The van der Waals surface area contributed by atoms with E-state index in [0.717, 1.165) is 24.2 Å². The van der Waals surface area contributed by atoms with Crippen LogP contribution in [0.1, 0.15) is 18.1 Å². The van der Waals surface area contributed by atoms with Crippen LogP contribution in [0.5, 0.6) is 0 Å². The van der Waals surface area contributed by atoms with E-state index in [2.05, 4.69) is 49.4 Å². The summed E-state index contributed by atoms with van der Waals surface area (Å²) in [5.74, 6) is -0.173. The highest BCUT2D eigenvalue weighted by atomic mass is 19.1. The van der Waals surface area contributed by atoms with E-state index in [1.165, 1.54) is 11.6 Å². The van der Waals surface area contributed by atoms with Crippen LogP contribution >= 0.6 is 0 Å². The average molecular weight is 286 g/mol. The molecule has 0 aliphatic heterocycles. The maximum Gasteiger partial charge on any atom is 0.123 e. The third-order valence-electron chi connectivity index (χ3n) is 3.34. The van der Waals surface area contributed by atoms with E-state index in [1.54, 1.807) is 12.1 Å². The summed E-state index contributed by atoms with van der Waals surface area (Å²) in [5, 5.41) is 3.53. The van der Waals surface area contributed by atoms with Crippen LogP contribution in [0, 0.1) is 5.82 Å². The largest absolute Gasteiger partial charge is 0.382 e. The fourth-order valence-corrected chi connectivity index (χ4v) is 2.47. The van der Waals surface area contributed by atoms with Crippen molar-refractivity contribution < 1.29 is 4.39 Å².